The SMILES string of the molecule is Cc1ccc(S(=O)(=O)NCC2CCCN(C(=O)c3ccc4c(c3)OCC(=O)N4)C2)cc1. The van der Waals surface area contributed by atoms with Crippen LogP contribution in [-0.2, 0) is 14.8 Å². The highest BCUT2D eigenvalue weighted by Gasteiger charge is 2.27. The van der Waals surface area contributed by atoms with Gasteiger partial charge in [0.25, 0.3) is 11.8 Å². The summed E-state index contributed by atoms with van der Waals surface area (Å²) in [4.78, 5) is 26.4. The summed E-state index contributed by atoms with van der Waals surface area (Å²) in [5.41, 5.74) is 2.03. The molecule has 2 aromatic carbocycles. The van der Waals surface area contributed by atoms with Crippen molar-refractivity contribution >= 4 is 27.5 Å². The third kappa shape index (κ3) is 4.88. The van der Waals surface area contributed by atoms with Gasteiger partial charge in [-0.3, -0.25) is 9.59 Å². The number of rotatable bonds is 5. The lowest BCUT2D eigenvalue weighted by Gasteiger charge is -2.33. The number of nitrogens with zero attached hydrogens (tertiary/aromatic N) is 1. The smallest absolute Gasteiger partial charge is 0.262 e. The van der Waals surface area contributed by atoms with Crippen LogP contribution in [-0.4, -0.2) is 51.4 Å². The average Bonchev–Trinajstić information content (AvgIpc) is 2.77. The zero-order valence-electron chi connectivity index (χ0n) is 17.3. The van der Waals surface area contributed by atoms with Gasteiger partial charge >= 0.3 is 0 Å². The maximum atomic E-state index is 13.0. The van der Waals surface area contributed by atoms with Crippen LogP contribution in [0, 0.1) is 12.8 Å². The van der Waals surface area contributed by atoms with E-state index in [1.54, 1.807) is 47.4 Å². The molecule has 2 aliphatic rings. The first-order chi connectivity index (χ1) is 14.8. The second-order valence-corrected chi connectivity index (χ2v) is 9.74. The van der Waals surface area contributed by atoms with Gasteiger partial charge in [0.15, 0.2) is 6.61 Å². The van der Waals surface area contributed by atoms with Gasteiger partial charge in [-0.25, -0.2) is 13.1 Å². The molecule has 9 heteroatoms. The number of nitrogens with one attached hydrogen (secondary N) is 2. The standard InChI is InChI=1S/C22H25N3O5S/c1-15-4-7-18(8-5-15)31(28,29)23-12-16-3-2-10-25(13-16)22(27)17-6-9-19-20(11-17)30-14-21(26)24-19/h4-9,11,16,23H,2-3,10,12-14H2,1H3,(H,24,26). The van der Waals surface area contributed by atoms with Crippen molar-refractivity contribution in [1.29, 1.82) is 0 Å². The Bertz CT molecular complexity index is 1100. The van der Waals surface area contributed by atoms with Crippen LogP contribution >= 0.6 is 0 Å². The topological polar surface area (TPSA) is 105 Å². The van der Waals surface area contributed by atoms with Crippen LogP contribution in [0.5, 0.6) is 5.75 Å². The van der Waals surface area contributed by atoms with Gasteiger partial charge in [-0.1, -0.05) is 17.7 Å². The largest absolute Gasteiger partial charge is 0.482 e. The Hall–Kier alpha value is -2.91. The Morgan fingerprint density at radius 2 is 2.00 bits per heavy atom. The number of carbonyl (C=O) groups is 2. The summed E-state index contributed by atoms with van der Waals surface area (Å²) >= 11 is 0. The molecule has 2 N–H and O–H groups in total. The molecule has 1 fully saturated rings. The number of sulfonamides is 1. The number of aryl methyl sites for hydroxylation is 1. The summed E-state index contributed by atoms with van der Waals surface area (Å²) in [7, 11) is -3.59. The van der Waals surface area contributed by atoms with E-state index in [1.807, 2.05) is 6.92 Å². The van der Waals surface area contributed by atoms with Crippen molar-refractivity contribution in [2.45, 2.75) is 24.7 Å². The number of anilines is 1. The number of piperidine rings is 1. The Kier molecular flexibility index (Phi) is 5.97. The van der Waals surface area contributed by atoms with Gasteiger partial charge in [0, 0.05) is 25.2 Å². The number of fused-ring (bicyclic) bond motifs is 1. The van der Waals surface area contributed by atoms with Crippen molar-refractivity contribution in [3.8, 4) is 5.75 Å². The minimum atomic E-state index is -3.59. The molecule has 0 bridgehead atoms. The highest BCUT2D eigenvalue weighted by atomic mass is 32.2. The number of benzene rings is 2. The number of ether oxygens (including phenoxy) is 1. The van der Waals surface area contributed by atoms with Gasteiger partial charge in [0.2, 0.25) is 10.0 Å². The lowest BCUT2D eigenvalue weighted by molar-refractivity contribution is -0.118. The molecule has 0 aliphatic carbocycles. The second-order valence-electron chi connectivity index (χ2n) is 7.97. The maximum Gasteiger partial charge on any atom is 0.262 e. The monoisotopic (exact) mass is 443 g/mol. The van der Waals surface area contributed by atoms with E-state index in [-0.39, 0.29) is 35.8 Å². The molecule has 1 atom stereocenters. The molecule has 1 saturated heterocycles. The summed E-state index contributed by atoms with van der Waals surface area (Å²) in [5, 5.41) is 2.71. The van der Waals surface area contributed by atoms with Gasteiger partial charge < -0.3 is 15.0 Å². The van der Waals surface area contributed by atoms with E-state index in [0.717, 1.165) is 18.4 Å². The number of carbonyl (C=O) groups excluding carboxylic acids is 2. The lowest BCUT2D eigenvalue weighted by Crippen LogP contribution is -2.43. The van der Waals surface area contributed by atoms with E-state index in [2.05, 4.69) is 10.0 Å². The molecule has 1 unspecified atom stereocenters. The van der Waals surface area contributed by atoms with Crippen LogP contribution in [0.1, 0.15) is 28.8 Å². The van der Waals surface area contributed by atoms with E-state index in [4.69, 9.17) is 4.74 Å². The molecule has 0 aromatic heterocycles. The maximum absolute atomic E-state index is 13.0. The van der Waals surface area contributed by atoms with Crippen LogP contribution in [0.25, 0.3) is 0 Å². The fourth-order valence-electron chi connectivity index (χ4n) is 3.83. The van der Waals surface area contributed by atoms with E-state index in [1.165, 1.54) is 0 Å². The predicted molar refractivity (Wildman–Crippen MR) is 116 cm³/mol. The Balaban J connectivity index is 1.39. The molecule has 2 amide bonds. The predicted octanol–water partition coefficient (Wildman–Crippen LogP) is 2.16. The van der Waals surface area contributed by atoms with Gasteiger partial charge in [0.05, 0.1) is 10.6 Å². The summed E-state index contributed by atoms with van der Waals surface area (Å²) in [6.45, 7) is 3.21. The summed E-state index contributed by atoms with van der Waals surface area (Å²) < 4.78 is 33.2. The molecule has 2 heterocycles. The van der Waals surface area contributed by atoms with E-state index < -0.39 is 10.0 Å². The van der Waals surface area contributed by atoms with Crippen LogP contribution in [0.3, 0.4) is 0 Å². The van der Waals surface area contributed by atoms with E-state index in [9.17, 15) is 18.0 Å². The van der Waals surface area contributed by atoms with Crippen molar-refractivity contribution in [3.63, 3.8) is 0 Å². The molecular formula is C22H25N3O5S. The number of hydrogen-bond donors (Lipinski definition) is 2. The highest BCUT2D eigenvalue weighted by molar-refractivity contribution is 7.89. The molecule has 2 aliphatic heterocycles. The van der Waals surface area contributed by atoms with Crippen LogP contribution in [0.2, 0.25) is 0 Å². The first-order valence-corrected chi connectivity index (χ1v) is 11.7. The molecule has 31 heavy (non-hydrogen) atoms. The molecule has 8 nitrogen and oxygen atoms in total. The lowest BCUT2D eigenvalue weighted by atomic mass is 9.97. The zero-order valence-corrected chi connectivity index (χ0v) is 18.1. The average molecular weight is 444 g/mol. The third-order valence-corrected chi connectivity index (χ3v) is 7.00. The molecular weight excluding hydrogens is 418 g/mol. The van der Waals surface area contributed by atoms with Gasteiger partial charge in [-0.2, -0.15) is 0 Å². The van der Waals surface area contributed by atoms with E-state index >= 15 is 0 Å². The number of likely N-dealkylation sites (tertiary alicyclic amines) is 1. The summed E-state index contributed by atoms with van der Waals surface area (Å²) in [6.07, 6.45) is 1.65. The normalized spacial score (nSPS) is 18.7. The Morgan fingerprint density at radius 3 is 2.77 bits per heavy atom. The Morgan fingerprint density at radius 1 is 1.23 bits per heavy atom. The first kappa shape index (κ1) is 21.3. The van der Waals surface area contributed by atoms with Crippen molar-refractivity contribution in [3.05, 3.63) is 53.6 Å². The Labute approximate surface area is 181 Å². The van der Waals surface area contributed by atoms with Gasteiger partial charge in [-0.05, 0) is 56.0 Å². The van der Waals surface area contributed by atoms with Crippen molar-refractivity contribution < 1.29 is 22.7 Å². The number of amides is 2. The fourth-order valence-corrected chi connectivity index (χ4v) is 4.95. The van der Waals surface area contributed by atoms with Crippen molar-refractivity contribution in [2.75, 3.05) is 31.6 Å². The molecule has 4 rings (SSSR count). The number of hydrogen-bond acceptors (Lipinski definition) is 5. The van der Waals surface area contributed by atoms with Crippen LogP contribution in [0.4, 0.5) is 5.69 Å². The van der Waals surface area contributed by atoms with Crippen molar-refractivity contribution in [2.24, 2.45) is 5.92 Å². The summed E-state index contributed by atoms with van der Waals surface area (Å²) in [6, 6.07) is 11.7. The second kappa shape index (κ2) is 8.68. The van der Waals surface area contributed by atoms with Crippen LogP contribution in [0.15, 0.2) is 47.4 Å². The fraction of sp³-hybridized carbons (Fsp3) is 0.364. The van der Waals surface area contributed by atoms with Gasteiger partial charge in [0.1, 0.15) is 5.75 Å². The molecule has 0 spiro atoms. The quantitative estimate of drug-likeness (QED) is 0.737. The summed E-state index contributed by atoms with van der Waals surface area (Å²) in [5.74, 6) is 0.156. The minimum Gasteiger partial charge on any atom is -0.482 e. The molecule has 2 aromatic rings. The molecule has 0 radical (unpaired) electrons. The molecule has 164 valence electrons. The molecule has 0 saturated carbocycles. The minimum absolute atomic E-state index is 0.0334. The first-order valence-electron chi connectivity index (χ1n) is 10.2. The third-order valence-electron chi connectivity index (χ3n) is 5.56. The highest BCUT2D eigenvalue weighted by Crippen LogP contribution is 2.29. The van der Waals surface area contributed by atoms with Crippen molar-refractivity contribution in [1.82, 2.24) is 9.62 Å². The van der Waals surface area contributed by atoms with Crippen LogP contribution < -0.4 is 14.8 Å². The van der Waals surface area contributed by atoms with Gasteiger partial charge in [-0.15, -0.1) is 0 Å². The van der Waals surface area contributed by atoms with E-state index in [0.29, 0.717) is 30.1 Å². The zero-order chi connectivity index (χ0) is 22.0.